The molecule has 1 fully saturated rings. The maximum absolute atomic E-state index is 12.9. The van der Waals surface area contributed by atoms with Crippen molar-refractivity contribution in [1.29, 1.82) is 0 Å². The molecule has 1 aromatic carbocycles. The van der Waals surface area contributed by atoms with Crippen LogP contribution in [-0.2, 0) is 22.7 Å². The molecule has 1 aliphatic rings. The van der Waals surface area contributed by atoms with Crippen molar-refractivity contribution in [2.75, 3.05) is 26.2 Å². The third kappa shape index (κ3) is 7.47. The number of carbonyl (C=O) groups is 2. The Morgan fingerprint density at radius 2 is 1.94 bits per heavy atom. The van der Waals surface area contributed by atoms with Crippen molar-refractivity contribution >= 4 is 11.8 Å². The van der Waals surface area contributed by atoms with E-state index in [9.17, 15) is 9.59 Å². The normalized spacial score (nSPS) is 14.9. The van der Waals surface area contributed by atoms with Crippen LogP contribution in [0.5, 0.6) is 0 Å². The predicted octanol–water partition coefficient (Wildman–Crippen LogP) is 3.16. The summed E-state index contributed by atoms with van der Waals surface area (Å²) in [6.45, 7) is 8.45. The lowest BCUT2D eigenvalue weighted by molar-refractivity contribution is -0.132. The van der Waals surface area contributed by atoms with E-state index < -0.39 is 0 Å². The maximum Gasteiger partial charge on any atom is 0.224 e. The van der Waals surface area contributed by atoms with E-state index in [1.165, 1.54) is 18.1 Å². The Hall–Kier alpha value is -2.73. The third-order valence-corrected chi connectivity index (χ3v) is 6.00. The van der Waals surface area contributed by atoms with Gasteiger partial charge in [0.15, 0.2) is 0 Å². The molecule has 1 aromatic heterocycles. The van der Waals surface area contributed by atoms with Crippen LogP contribution < -0.4 is 5.32 Å². The molecule has 2 amide bonds. The highest BCUT2D eigenvalue weighted by Gasteiger charge is 2.24. The van der Waals surface area contributed by atoms with Gasteiger partial charge in [-0.15, -0.1) is 0 Å². The molecule has 0 atom stereocenters. The number of rotatable bonds is 9. The van der Waals surface area contributed by atoms with Crippen molar-refractivity contribution < 1.29 is 9.59 Å². The summed E-state index contributed by atoms with van der Waals surface area (Å²) < 4.78 is 0. The van der Waals surface area contributed by atoms with E-state index in [1.807, 2.05) is 23.2 Å². The van der Waals surface area contributed by atoms with E-state index in [4.69, 9.17) is 0 Å². The van der Waals surface area contributed by atoms with E-state index in [0.717, 1.165) is 44.6 Å². The molecule has 6 heteroatoms. The lowest BCUT2D eigenvalue weighted by Gasteiger charge is -2.35. The number of hydrogen-bond donors (Lipinski definition) is 1. The Bertz CT molecular complexity index is 848. The lowest BCUT2D eigenvalue weighted by Crippen LogP contribution is -2.41. The Kier molecular flexibility index (Phi) is 8.59. The molecular formula is C25H34N4O2. The van der Waals surface area contributed by atoms with Crippen LogP contribution in [0.15, 0.2) is 48.8 Å². The van der Waals surface area contributed by atoms with Gasteiger partial charge in [-0.3, -0.25) is 19.5 Å². The fraction of sp³-hybridized carbons (Fsp3) is 0.480. The summed E-state index contributed by atoms with van der Waals surface area (Å²) >= 11 is 0. The Balaban J connectivity index is 1.54. The number of benzene rings is 1. The number of aromatic nitrogens is 1. The minimum Gasteiger partial charge on any atom is -0.356 e. The number of nitrogens with one attached hydrogen (secondary N) is 1. The summed E-state index contributed by atoms with van der Waals surface area (Å²) in [6.07, 6.45) is 6.07. The third-order valence-electron chi connectivity index (χ3n) is 6.00. The molecular weight excluding hydrogens is 388 g/mol. The number of carbonyl (C=O) groups excluding carboxylic acids is 2. The van der Waals surface area contributed by atoms with Crippen LogP contribution in [0.1, 0.15) is 42.9 Å². The number of hydrogen-bond acceptors (Lipinski definition) is 4. The minimum atomic E-state index is -0.104. The first kappa shape index (κ1) is 22.9. The zero-order valence-electron chi connectivity index (χ0n) is 18.7. The first-order valence-electron chi connectivity index (χ1n) is 11.2. The van der Waals surface area contributed by atoms with Gasteiger partial charge in [-0.1, -0.05) is 30.3 Å². The fourth-order valence-corrected chi connectivity index (χ4v) is 4.14. The SMILES string of the molecule is CC(=O)NCCC(=O)N(Cc1cccnc1)CC1CCN(Cc2ccccc2C)CC1. The lowest BCUT2D eigenvalue weighted by atomic mass is 9.95. The molecule has 1 saturated heterocycles. The summed E-state index contributed by atoms with van der Waals surface area (Å²) in [5.74, 6) is 0.474. The first-order chi connectivity index (χ1) is 15.0. The monoisotopic (exact) mass is 422 g/mol. The smallest absolute Gasteiger partial charge is 0.224 e. The fourth-order valence-electron chi connectivity index (χ4n) is 4.14. The predicted molar refractivity (Wildman–Crippen MR) is 122 cm³/mol. The number of aryl methyl sites for hydroxylation is 1. The zero-order valence-corrected chi connectivity index (χ0v) is 18.7. The average Bonchev–Trinajstić information content (AvgIpc) is 2.76. The highest BCUT2D eigenvalue weighted by Crippen LogP contribution is 2.22. The Morgan fingerprint density at radius 1 is 1.16 bits per heavy atom. The van der Waals surface area contributed by atoms with Gasteiger partial charge in [-0.05, 0) is 61.5 Å². The minimum absolute atomic E-state index is 0.0833. The highest BCUT2D eigenvalue weighted by molar-refractivity contribution is 5.78. The highest BCUT2D eigenvalue weighted by atomic mass is 16.2. The van der Waals surface area contributed by atoms with Crippen LogP contribution in [-0.4, -0.2) is 52.8 Å². The molecule has 0 bridgehead atoms. The standard InChI is InChI=1S/C25H34N4O2/c1-20-6-3-4-8-24(20)19-28-14-10-22(11-15-28)17-29(18-23-7-5-12-26-16-23)25(31)9-13-27-21(2)30/h3-8,12,16,22H,9-11,13-15,17-19H2,1-2H3,(H,27,30). The van der Waals surface area contributed by atoms with Gasteiger partial charge >= 0.3 is 0 Å². The number of piperidine rings is 1. The summed E-state index contributed by atoms with van der Waals surface area (Å²) in [5.41, 5.74) is 3.77. The van der Waals surface area contributed by atoms with Gasteiger partial charge in [0.2, 0.25) is 11.8 Å². The quantitative estimate of drug-likeness (QED) is 0.674. The van der Waals surface area contributed by atoms with Crippen LogP contribution in [0.2, 0.25) is 0 Å². The van der Waals surface area contributed by atoms with Gasteiger partial charge in [0, 0.05) is 51.9 Å². The van der Waals surface area contributed by atoms with Crippen molar-refractivity contribution in [3.05, 3.63) is 65.5 Å². The summed E-state index contributed by atoms with van der Waals surface area (Å²) in [4.78, 5) is 32.7. The number of nitrogens with zero attached hydrogens (tertiary/aromatic N) is 3. The maximum atomic E-state index is 12.9. The number of pyridine rings is 1. The molecule has 0 radical (unpaired) electrons. The van der Waals surface area contributed by atoms with Gasteiger partial charge in [-0.2, -0.15) is 0 Å². The molecule has 3 rings (SSSR count). The van der Waals surface area contributed by atoms with Gasteiger partial charge in [0.05, 0.1) is 0 Å². The van der Waals surface area contributed by atoms with Crippen molar-refractivity contribution in [2.24, 2.45) is 5.92 Å². The molecule has 2 aromatic rings. The molecule has 2 heterocycles. The Labute approximate surface area is 185 Å². The van der Waals surface area contributed by atoms with Crippen LogP contribution in [0.25, 0.3) is 0 Å². The summed E-state index contributed by atoms with van der Waals surface area (Å²) in [6, 6.07) is 12.5. The van der Waals surface area contributed by atoms with Crippen LogP contribution >= 0.6 is 0 Å². The Morgan fingerprint density at radius 3 is 2.61 bits per heavy atom. The molecule has 0 spiro atoms. The second kappa shape index (κ2) is 11.6. The molecule has 1 N–H and O–H groups in total. The van der Waals surface area contributed by atoms with Crippen molar-refractivity contribution in [1.82, 2.24) is 20.1 Å². The van der Waals surface area contributed by atoms with Crippen LogP contribution in [0, 0.1) is 12.8 Å². The molecule has 0 aliphatic carbocycles. The zero-order chi connectivity index (χ0) is 22.1. The van der Waals surface area contributed by atoms with Crippen molar-refractivity contribution in [3.63, 3.8) is 0 Å². The molecule has 31 heavy (non-hydrogen) atoms. The summed E-state index contributed by atoms with van der Waals surface area (Å²) in [5, 5.41) is 2.73. The summed E-state index contributed by atoms with van der Waals surface area (Å²) in [7, 11) is 0. The number of amides is 2. The van der Waals surface area contributed by atoms with Crippen LogP contribution in [0.4, 0.5) is 0 Å². The average molecular weight is 423 g/mol. The number of likely N-dealkylation sites (tertiary alicyclic amines) is 1. The second-order valence-corrected chi connectivity index (χ2v) is 8.51. The molecule has 0 saturated carbocycles. The van der Waals surface area contributed by atoms with E-state index in [0.29, 0.717) is 25.4 Å². The largest absolute Gasteiger partial charge is 0.356 e. The molecule has 1 aliphatic heterocycles. The molecule has 0 unspecified atom stereocenters. The van der Waals surface area contributed by atoms with E-state index in [2.05, 4.69) is 46.4 Å². The molecule has 6 nitrogen and oxygen atoms in total. The van der Waals surface area contributed by atoms with Crippen LogP contribution in [0.3, 0.4) is 0 Å². The van der Waals surface area contributed by atoms with E-state index in [1.54, 1.807) is 6.20 Å². The van der Waals surface area contributed by atoms with Gasteiger partial charge in [0.25, 0.3) is 0 Å². The topological polar surface area (TPSA) is 65.5 Å². The first-order valence-corrected chi connectivity index (χ1v) is 11.2. The van der Waals surface area contributed by atoms with Crippen molar-refractivity contribution in [2.45, 2.75) is 46.2 Å². The molecule has 166 valence electrons. The van der Waals surface area contributed by atoms with Gasteiger partial charge in [0.1, 0.15) is 0 Å². The van der Waals surface area contributed by atoms with Gasteiger partial charge in [-0.25, -0.2) is 0 Å². The van der Waals surface area contributed by atoms with Gasteiger partial charge < -0.3 is 10.2 Å². The van der Waals surface area contributed by atoms with Crippen molar-refractivity contribution in [3.8, 4) is 0 Å². The van der Waals surface area contributed by atoms with E-state index in [-0.39, 0.29) is 11.8 Å². The second-order valence-electron chi connectivity index (χ2n) is 8.51. The van der Waals surface area contributed by atoms with E-state index >= 15 is 0 Å².